The van der Waals surface area contributed by atoms with Gasteiger partial charge in [-0.05, 0) is 46.7 Å². The number of carbonyl (C=O) groups excluding carboxylic acids is 1. The van der Waals surface area contributed by atoms with Crippen LogP contribution in [0.1, 0.15) is 37.7 Å². The third kappa shape index (κ3) is 4.01. The van der Waals surface area contributed by atoms with Crippen molar-refractivity contribution in [2.24, 2.45) is 5.92 Å². The summed E-state index contributed by atoms with van der Waals surface area (Å²) in [6.07, 6.45) is 8.26. The molecule has 1 fully saturated rings. The highest BCUT2D eigenvalue weighted by Crippen LogP contribution is 2.26. The molecule has 23 heavy (non-hydrogen) atoms. The van der Waals surface area contributed by atoms with E-state index in [9.17, 15) is 14.9 Å². The molecule has 0 aromatic carbocycles. The Morgan fingerprint density at radius 3 is 2.61 bits per heavy atom. The van der Waals surface area contributed by atoms with Gasteiger partial charge in [-0.25, -0.2) is 0 Å². The molecule has 2 aliphatic rings. The molecule has 1 aromatic rings. The first-order valence-electron chi connectivity index (χ1n) is 8.16. The highest BCUT2D eigenvalue weighted by Gasteiger charge is 2.22. The molecule has 0 spiro atoms. The molecule has 1 aromatic heterocycles. The van der Waals surface area contributed by atoms with Crippen LogP contribution in [-0.2, 0) is 4.79 Å². The second-order valence-corrected chi connectivity index (χ2v) is 6.38. The van der Waals surface area contributed by atoms with E-state index >= 15 is 0 Å². The van der Waals surface area contributed by atoms with Crippen LogP contribution in [-0.4, -0.2) is 40.2 Å². The van der Waals surface area contributed by atoms with E-state index in [1.54, 1.807) is 12.3 Å². The molecule has 0 radical (unpaired) electrons. The Hall–Kier alpha value is -2.08. The Labute approximate surface area is 135 Å². The lowest BCUT2D eigenvalue weighted by Crippen LogP contribution is -2.34. The fourth-order valence-electron chi connectivity index (χ4n) is 3.37. The van der Waals surface area contributed by atoms with Gasteiger partial charge in [0.15, 0.2) is 0 Å². The van der Waals surface area contributed by atoms with Crippen molar-refractivity contribution < 1.29 is 9.72 Å². The average molecular weight is 315 g/mol. The molecule has 0 saturated heterocycles. The number of Topliss-reactive ketones (excluding diaryl/α,β-unsaturated/α-hetero) is 1. The minimum atomic E-state index is -0.477. The summed E-state index contributed by atoms with van der Waals surface area (Å²) in [6, 6.07) is 3.24. The standard InChI is InChI=1S/C17H21N3O3/c21-16-4-1-13(2-5-16)12-19-9-7-14(8-10-19)15-3-6-17(18-11-15)20(22)23/h3,6-7,11,13H,1-2,4-5,8-10,12H2. The molecule has 122 valence electrons. The predicted molar refractivity (Wildman–Crippen MR) is 86.9 cm³/mol. The van der Waals surface area contributed by atoms with Gasteiger partial charge in [0.1, 0.15) is 12.0 Å². The second-order valence-electron chi connectivity index (χ2n) is 6.38. The van der Waals surface area contributed by atoms with Gasteiger partial charge in [0, 0.05) is 44.1 Å². The zero-order valence-corrected chi connectivity index (χ0v) is 13.1. The van der Waals surface area contributed by atoms with Gasteiger partial charge in [-0.3, -0.25) is 9.69 Å². The molecule has 2 heterocycles. The number of rotatable bonds is 4. The number of carbonyl (C=O) groups is 1. The highest BCUT2D eigenvalue weighted by molar-refractivity contribution is 5.79. The number of aromatic nitrogens is 1. The van der Waals surface area contributed by atoms with E-state index in [4.69, 9.17) is 0 Å². The third-order valence-electron chi connectivity index (χ3n) is 4.78. The lowest BCUT2D eigenvalue weighted by molar-refractivity contribution is -0.389. The van der Waals surface area contributed by atoms with E-state index in [0.29, 0.717) is 11.7 Å². The Balaban J connectivity index is 1.55. The number of hydrogen-bond donors (Lipinski definition) is 0. The Kier molecular flexibility index (Phi) is 4.81. The van der Waals surface area contributed by atoms with E-state index in [2.05, 4.69) is 16.0 Å². The highest BCUT2D eigenvalue weighted by atomic mass is 16.6. The lowest BCUT2D eigenvalue weighted by Gasteiger charge is -2.31. The van der Waals surface area contributed by atoms with E-state index < -0.39 is 4.92 Å². The van der Waals surface area contributed by atoms with E-state index in [1.165, 1.54) is 11.6 Å². The number of hydrogen-bond acceptors (Lipinski definition) is 5. The Morgan fingerprint density at radius 1 is 1.26 bits per heavy atom. The number of pyridine rings is 1. The maximum atomic E-state index is 11.3. The first-order chi connectivity index (χ1) is 11.1. The van der Waals surface area contributed by atoms with Crippen molar-refractivity contribution in [3.63, 3.8) is 0 Å². The normalized spacial score (nSPS) is 20.3. The molecular weight excluding hydrogens is 294 g/mol. The van der Waals surface area contributed by atoms with Crippen molar-refractivity contribution in [1.82, 2.24) is 9.88 Å². The van der Waals surface area contributed by atoms with E-state index in [1.807, 2.05) is 0 Å². The second kappa shape index (κ2) is 7.00. The summed E-state index contributed by atoms with van der Waals surface area (Å²) < 4.78 is 0. The molecule has 1 aliphatic carbocycles. The maximum Gasteiger partial charge on any atom is 0.363 e. The van der Waals surface area contributed by atoms with Gasteiger partial charge in [-0.2, -0.15) is 0 Å². The first kappa shape index (κ1) is 15.8. The van der Waals surface area contributed by atoms with Crippen molar-refractivity contribution in [2.45, 2.75) is 32.1 Å². The minimum absolute atomic E-state index is 0.112. The zero-order chi connectivity index (χ0) is 16.2. The Bertz CT molecular complexity index is 614. The van der Waals surface area contributed by atoms with Crippen molar-refractivity contribution in [2.75, 3.05) is 19.6 Å². The summed E-state index contributed by atoms with van der Waals surface area (Å²) >= 11 is 0. The maximum absolute atomic E-state index is 11.3. The Morgan fingerprint density at radius 2 is 2.04 bits per heavy atom. The third-order valence-corrected chi connectivity index (χ3v) is 4.78. The van der Waals surface area contributed by atoms with Crippen LogP contribution in [0, 0.1) is 16.0 Å². The summed E-state index contributed by atoms with van der Waals surface area (Å²) in [5.74, 6) is 0.940. The quantitative estimate of drug-likeness (QED) is 0.631. The van der Waals surface area contributed by atoms with Crippen LogP contribution in [0.4, 0.5) is 5.82 Å². The van der Waals surface area contributed by atoms with Gasteiger partial charge >= 0.3 is 5.82 Å². The smallest absolute Gasteiger partial charge is 0.358 e. The van der Waals surface area contributed by atoms with E-state index in [0.717, 1.165) is 57.3 Å². The SMILES string of the molecule is O=C1CCC(CN2CC=C(c3ccc([N+](=O)[O-])nc3)CC2)CC1. The van der Waals surface area contributed by atoms with Crippen molar-refractivity contribution in [3.8, 4) is 0 Å². The zero-order valence-electron chi connectivity index (χ0n) is 13.1. The molecule has 1 saturated carbocycles. The molecular formula is C17H21N3O3. The fraction of sp³-hybridized carbons (Fsp3) is 0.529. The van der Waals surface area contributed by atoms with Gasteiger partial charge in [-0.1, -0.05) is 6.08 Å². The van der Waals surface area contributed by atoms with Crippen LogP contribution in [0.5, 0.6) is 0 Å². The molecule has 3 rings (SSSR count). The van der Waals surface area contributed by atoms with Crippen molar-refractivity contribution >= 4 is 17.2 Å². The van der Waals surface area contributed by atoms with Crippen molar-refractivity contribution in [3.05, 3.63) is 40.1 Å². The number of nitrogens with zero attached hydrogens (tertiary/aromatic N) is 3. The van der Waals surface area contributed by atoms with Crippen LogP contribution in [0.25, 0.3) is 5.57 Å². The number of nitro groups is 1. The summed E-state index contributed by atoms with van der Waals surface area (Å²) in [5, 5.41) is 10.6. The summed E-state index contributed by atoms with van der Waals surface area (Å²) in [6.45, 7) is 2.96. The molecule has 0 atom stereocenters. The molecule has 0 amide bonds. The van der Waals surface area contributed by atoms with Crippen LogP contribution < -0.4 is 0 Å². The molecule has 6 nitrogen and oxygen atoms in total. The van der Waals surface area contributed by atoms with Gasteiger partial charge in [0.05, 0.1) is 0 Å². The summed E-state index contributed by atoms with van der Waals surface area (Å²) in [4.78, 5) is 27.8. The molecule has 6 heteroatoms. The fourth-order valence-corrected chi connectivity index (χ4v) is 3.37. The van der Waals surface area contributed by atoms with Crippen LogP contribution in [0.3, 0.4) is 0 Å². The van der Waals surface area contributed by atoms with Gasteiger partial charge in [-0.15, -0.1) is 0 Å². The largest absolute Gasteiger partial charge is 0.363 e. The van der Waals surface area contributed by atoms with Crippen LogP contribution >= 0.6 is 0 Å². The van der Waals surface area contributed by atoms with Gasteiger partial charge < -0.3 is 10.1 Å². The molecule has 0 N–H and O–H groups in total. The monoisotopic (exact) mass is 315 g/mol. The van der Waals surface area contributed by atoms with Gasteiger partial charge in [0.2, 0.25) is 0 Å². The molecule has 0 unspecified atom stereocenters. The number of ketones is 1. The van der Waals surface area contributed by atoms with Crippen LogP contribution in [0.2, 0.25) is 0 Å². The van der Waals surface area contributed by atoms with Crippen LogP contribution in [0.15, 0.2) is 24.4 Å². The minimum Gasteiger partial charge on any atom is -0.358 e. The molecule has 1 aliphatic heterocycles. The molecule has 0 bridgehead atoms. The lowest BCUT2D eigenvalue weighted by atomic mass is 9.87. The summed E-state index contributed by atoms with van der Waals surface area (Å²) in [7, 11) is 0. The van der Waals surface area contributed by atoms with Crippen molar-refractivity contribution in [1.29, 1.82) is 0 Å². The van der Waals surface area contributed by atoms with E-state index in [-0.39, 0.29) is 5.82 Å². The summed E-state index contributed by atoms with van der Waals surface area (Å²) in [5.41, 5.74) is 2.18. The predicted octanol–water partition coefficient (Wildman–Crippen LogP) is 2.84. The van der Waals surface area contributed by atoms with Gasteiger partial charge in [0.25, 0.3) is 0 Å². The first-order valence-corrected chi connectivity index (χ1v) is 8.16. The topological polar surface area (TPSA) is 76.3 Å². The average Bonchev–Trinajstić information content (AvgIpc) is 2.58.